The molecule has 172 valence electrons. The van der Waals surface area contributed by atoms with Gasteiger partial charge in [0.1, 0.15) is 5.82 Å². The van der Waals surface area contributed by atoms with Crippen molar-refractivity contribution in [3.8, 4) is 0 Å². The second-order valence-corrected chi connectivity index (χ2v) is 8.46. The number of carboxylic acids is 2. The maximum Gasteiger partial charge on any atom is 0.335 e. The molecule has 2 N–H and O–H groups in total. The molecule has 9 nitrogen and oxygen atoms in total. The molecule has 2 heterocycles. The fourth-order valence-corrected chi connectivity index (χ4v) is 4.13. The Morgan fingerprint density at radius 1 is 1.27 bits per heavy atom. The number of carboxylic acid groups (broad SMARTS) is 2. The number of aliphatic carboxylic acids is 1. The molecular formula is C23H23N3O6S. The molecule has 2 aromatic heterocycles. The van der Waals surface area contributed by atoms with Crippen LogP contribution in [0.3, 0.4) is 0 Å². The third-order valence-corrected chi connectivity index (χ3v) is 6.00. The van der Waals surface area contributed by atoms with Gasteiger partial charge in [0.05, 0.1) is 28.9 Å². The topological polar surface area (TPSA) is 136 Å². The summed E-state index contributed by atoms with van der Waals surface area (Å²) in [6.07, 6.45) is 5.75. The normalized spacial score (nSPS) is 11.5. The van der Waals surface area contributed by atoms with Crippen LogP contribution in [0.15, 0.2) is 47.5 Å². The van der Waals surface area contributed by atoms with Crippen LogP contribution in [0.25, 0.3) is 6.08 Å². The highest BCUT2D eigenvalue weighted by Crippen LogP contribution is 2.25. The van der Waals surface area contributed by atoms with Crippen LogP contribution in [0.4, 0.5) is 5.69 Å². The third-order valence-electron chi connectivity index (χ3n) is 5.12. The van der Waals surface area contributed by atoms with Crippen LogP contribution in [0, 0.1) is 10.1 Å². The summed E-state index contributed by atoms with van der Waals surface area (Å²) in [4.78, 5) is 39.5. The van der Waals surface area contributed by atoms with E-state index < -0.39 is 16.9 Å². The molecule has 0 amide bonds. The van der Waals surface area contributed by atoms with Crippen molar-refractivity contribution in [2.24, 2.45) is 0 Å². The lowest BCUT2D eigenvalue weighted by Gasteiger charge is -2.12. The van der Waals surface area contributed by atoms with Crippen molar-refractivity contribution in [2.75, 3.05) is 0 Å². The number of thiophene rings is 1. The van der Waals surface area contributed by atoms with Gasteiger partial charge in [-0.15, -0.1) is 11.3 Å². The van der Waals surface area contributed by atoms with Crippen molar-refractivity contribution < 1.29 is 24.7 Å². The smallest absolute Gasteiger partial charge is 0.335 e. The van der Waals surface area contributed by atoms with Crippen molar-refractivity contribution in [3.63, 3.8) is 0 Å². The van der Waals surface area contributed by atoms with Crippen LogP contribution < -0.4 is 0 Å². The quantitative estimate of drug-likeness (QED) is 0.237. The minimum Gasteiger partial charge on any atom is -0.478 e. The van der Waals surface area contributed by atoms with E-state index in [2.05, 4.69) is 4.98 Å². The van der Waals surface area contributed by atoms with E-state index in [1.807, 2.05) is 24.4 Å². The van der Waals surface area contributed by atoms with E-state index >= 15 is 0 Å². The average molecular weight is 470 g/mol. The summed E-state index contributed by atoms with van der Waals surface area (Å²) in [5.74, 6) is -1.62. The number of nitrogens with zero attached hydrogens (tertiary/aromatic N) is 3. The Labute approximate surface area is 193 Å². The van der Waals surface area contributed by atoms with Gasteiger partial charge in [0.2, 0.25) is 0 Å². The molecule has 0 bridgehead atoms. The largest absolute Gasteiger partial charge is 0.478 e. The zero-order valence-electron chi connectivity index (χ0n) is 17.9. The first-order valence-corrected chi connectivity index (χ1v) is 11.2. The van der Waals surface area contributed by atoms with Crippen molar-refractivity contribution in [1.82, 2.24) is 9.55 Å². The first kappa shape index (κ1) is 23.9. The molecule has 0 aliphatic carbocycles. The molecule has 0 saturated carbocycles. The standard InChI is InChI=1S/C23H23N3O6S/c1-2-3-6-21-24-13-18(10-17(23(29)30)11-19-5-4-9-33-19)25(21)14-16-8-7-15(22(27)28)12-20(16)26(31)32/h4-5,7-10,12-13H,2-3,6,11,14H2,1H3,(H,27,28)(H,29,30)/b17-10-. The van der Waals surface area contributed by atoms with Gasteiger partial charge in [-0.1, -0.05) is 19.4 Å². The van der Waals surface area contributed by atoms with Crippen LogP contribution in [-0.4, -0.2) is 36.6 Å². The van der Waals surface area contributed by atoms with Gasteiger partial charge in [0, 0.05) is 34.9 Å². The maximum atomic E-state index is 11.9. The van der Waals surface area contributed by atoms with Crippen molar-refractivity contribution in [3.05, 3.63) is 85.1 Å². The van der Waals surface area contributed by atoms with Gasteiger partial charge in [-0.05, 0) is 36.1 Å². The lowest BCUT2D eigenvalue weighted by atomic mass is 10.1. The molecule has 3 aromatic rings. The molecule has 1 aromatic carbocycles. The summed E-state index contributed by atoms with van der Waals surface area (Å²) in [7, 11) is 0. The Kier molecular flexibility index (Phi) is 7.73. The number of nitro groups is 1. The predicted octanol–water partition coefficient (Wildman–Crippen LogP) is 4.65. The number of aromatic nitrogens is 2. The first-order chi connectivity index (χ1) is 15.8. The molecule has 0 spiro atoms. The first-order valence-electron chi connectivity index (χ1n) is 10.3. The van der Waals surface area contributed by atoms with Gasteiger partial charge in [-0.25, -0.2) is 14.6 Å². The number of unbranched alkanes of at least 4 members (excludes halogenated alkanes) is 1. The second kappa shape index (κ2) is 10.7. The van der Waals surface area contributed by atoms with Crippen molar-refractivity contribution in [2.45, 2.75) is 39.2 Å². The van der Waals surface area contributed by atoms with E-state index in [-0.39, 0.29) is 29.8 Å². The second-order valence-electron chi connectivity index (χ2n) is 7.43. The van der Waals surface area contributed by atoms with Gasteiger partial charge in [-0.2, -0.15) is 0 Å². The number of carbonyl (C=O) groups is 2. The minimum atomic E-state index is -1.25. The van der Waals surface area contributed by atoms with Gasteiger partial charge in [0.25, 0.3) is 5.69 Å². The number of benzene rings is 1. The zero-order chi connectivity index (χ0) is 24.0. The summed E-state index contributed by atoms with van der Waals surface area (Å²) in [6, 6.07) is 7.49. The number of imidazole rings is 1. The summed E-state index contributed by atoms with van der Waals surface area (Å²) >= 11 is 1.46. The highest BCUT2D eigenvalue weighted by atomic mass is 32.1. The number of nitro benzene ring substituents is 1. The van der Waals surface area contributed by atoms with E-state index in [1.165, 1.54) is 23.5 Å². The number of hydrogen-bond donors (Lipinski definition) is 2. The van der Waals surface area contributed by atoms with Gasteiger partial charge in [0.15, 0.2) is 0 Å². The molecule has 0 aliphatic rings. The maximum absolute atomic E-state index is 11.9. The SMILES string of the molecule is CCCCc1ncc(/C=C(/Cc2cccs2)C(=O)O)n1Cc1ccc(C(=O)O)cc1[N+](=O)[O-]. The van der Waals surface area contributed by atoms with Crippen molar-refractivity contribution in [1.29, 1.82) is 0 Å². The van der Waals surface area contributed by atoms with Crippen LogP contribution in [0.5, 0.6) is 0 Å². The molecule has 0 fully saturated rings. The van der Waals surface area contributed by atoms with E-state index in [1.54, 1.807) is 16.8 Å². The summed E-state index contributed by atoms with van der Waals surface area (Å²) < 4.78 is 1.76. The fourth-order valence-electron chi connectivity index (χ4n) is 3.40. The molecule has 0 saturated heterocycles. The Morgan fingerprint density at radius 3 is 2.67 bits per heavy atom. The number of aromatic carboxylic acids is 1. The molecule has 33 heavy (non-hydrogen) atoms. The molecule has 10 heteroatoms. The summed E-state index contributed by atoms with van der Waals surface area (Å²) in [5.41, 5.74) is 0.525. The van der Waals surface area contributed by atoms with Crippen molar-refractivity contribution >= 4 is 35.0 Å². The molecule has 0 radical (unpaired) electrons. The lowest BCUT2D eigenvalue weighted by molar-refractivity contribution is -0.385. The number of aryl methyl sites for hydroxylation is 1. The average Bonchev–Trinajstić information content (AvgIpc) is 3.42. The van der Waals surface area contributed by atoms with Gasteiger partial charge >= 0.3 is 11.9 Å². The summed E-state index contributed by atoms with van der Waals surface area (Å²) in [5, 5.41) is 32.4. The Bertz CT molecular complexity index is 1200. The highest BCUT2D eigenvalue weighted by molar-refractivity contribution is 7.09. The fraction of sp³-hybridized carbons (Fsp3) is 0.261. The molecule has 3 rings (SSSR count). The van der Waals surface area contributed by atoms with E-state index in [9.17, 15) is 29.9 Å². The van der Waals surface area contributed by atoms with Crippen LogP contribution in [0.1, 0.15) is 52.1 Å². The van der Waals surface area contributed by atoms with Crippen LogP contribution in [0.2, 0.25) is 0 Å². The predicted molar refractivity (Wildman–Crippen MR) is 124 cm³/mol. The number of hydrogen-bond acceptors (Lipinski definition) is 6. The Hall–Kier alpha value is -3.79. The van der Waals surface area contributed by atoms with Gasteiger partial charge < -0.3 is 14.8 Å². The van der Waals surface area contributed by atoms with Crippen LogP contribution >= 0.6 is 11.3 Å². The minimum absolute atomic E-state index is 0.0625. The van der Waals surface area contributed by atoms with Crippen LogP contribution in [-0.2, 0) is 24.2 Å². The Morgan fingerprint density at radius 2 is 2.06 bits per heavy atom. The van der Waals surface area contributed by atoms with E-state index in [4.69, 9.17) is 0 Å². The molecular weight excluding hydrogens is 446 g/mol. The highest BCUT2D eigenvalue weighted by Gasteiger charge is 2.20. The van der Waals surface area contributed by atoms with E-state index in [0.29, 0.717) is 23.5 Å². The molecule has 0 aliphatic heterocycles. The summed E-state index contributed by atoms with van der Waals surface area (Å²) in [6.45, 7) is 2.10. The zero-order valence-corrected chi connectivity index (χ0v) is 18.7. The third kappa shape index (κ3) is 5.92. The molecule has 0 unspecified atom stereocenters. The van der Waals surface area contributed by atoms with Gasteiger partial charge in [-0.3, -0.25) is 10.1 Å². The molecule has 0 atom stereocenters. The lowest BCUT2D eigenvalue weighted by Crippen LogP contribution is -2.11. The number of rotatable bonds is 11. The Balaban J connectivity index is 2.05. The monoisotopic (exact) mass is 469 g/mol. The van der Waals surface area contributed by atoms with E-state index in [0.717, 1.165) is 23.8 Å².